The Morgan fingerprint density at radius 2 is 2.24 bits per heavy atom. The Kier molecular flexibility index (Phi) is 3.56. The molecule has 1 aromatic rings. The minimum atomic E-state index is 0.420. The highest BCUT2D eigenvalue weighted by Crippen LogP contribution is 2.43. The zero-order chi connectivity index (χ0) is 12.5. The van der Waals surface area contributed by atoms with E-state index in [1.54, 1.807) is 0 Å². The molecule has 17 heavy (non-hydrogen) atoms. The van der Waals surface area contributed by atoms with Gasteiger partial charge < -0.3 is 11.1 Å². The zero-order valence-corrected chi connectivity index (χ0v) is 11.7. The van der Waals surface area contributed by atoms with Crippen LogP contribution < -0.4 is 11.1 Å². The molecule has 5 heteroatoms. The lowest BCUT2D eigenvalue weighted by Crippen LogP contribution is -2.40. The second-order valence-corrected chi connectivity index (χ2v) is 6.03. The van der Waals surface area contributed by atoms with Gasteiger partial charge in [0.15, 0.2) is 0 Å². The van der Waals surface area contributed by atoms with E-state index < -0.39 is 0 Å². The van der Waals surface area contributed by atoms with Crippen molar-refractivity contribution in [3.63, 3.8) is 0 Å². The molecule has 1 aromatic heterocycles. The molecule has 1 saturated carbocycles. The molecule has 0 aromatic carbocycles. The van der Waals surface area contributed by atoms with Gasteiger partial charge in [0.2, 0.25) is 0 Å². The Balaban J connectivity index is 2.08. The van der Waals surface area contributed by atoms with Gasteiger partial charge in [-0.25, -0.2) is 4.68 Å². The molecule has 0 radical (unpaired) electrons. The zero-order valence-electron chi connectivity index (χ0n) is 10.9. The molecule has 96 valence electrons. The van der Waals surface area contributed by atoms with Crippen LogP contribution in [0.4, 0.5) is 11.5 Å². The SMILES string of the molecule is CCn1nc(C)c(N)c1NCC1(SC)CCC1. The van der Waals surface area contributed by atoms with Crippen LogP contribution in [-0.2, 0) is 6.54 Å². The summed E-state index contributed by atoms with van der Waals surface area (Å²) in [5, 5.41) is 7.92. The van der Waals surface area contributed by atoms with Crippen molar-refractivity contribution in [3.05, 3.63) is 5.69 Å². The van der Waals surface area contributed by atoms with E-state index in [9.17, 15) is 0 Å². The summed E-state index contributed by atoms with van der Waals surface area (Å²) in [5.41, 5.74) is 7.77. The highest BCUT2D eigenvalue weighted by Gasteiger charge is 2.36. The number of nitrogens with one attached hydrogen (secondary N) is 1. The molecule has 0 saturated heterocycles. The van der Waals surface area contributed by atoms with Gasteiger partial charge in [0.1, 0.15) is 5.82 Å². The van der Waals surface area contributed by atoms with Crippen molar-refractivity contribution < 1.29 is 0 Å². The van der Waals surface area contributed by atoms with Gasteiger partial charge in [-0.15, -0.1) is 0 Å². The van der Waals surface area contributed by atoms with Crippen LogP contribution in [0.15, 0.2) is 0 Å². The lowest BCUT2D eigenvalue weighted by Gasteiger charge is -2.40. The highest BCUT2D eigenvalue weighted by molar-refractivity contribution is 8.00. The summed E-state index contributed by atoms with van der Waals surface area (Å²) in [7, 11) is 0. The molecule has 0 amide bonds. The van der Waals surface area contributed by atoms with E-state index in [4.69, 9.17) is 5.73 Å². The van der Waals surface area contributed by atoms with Crippen LogP contribution in [0.1, 0.15) is 31.9 Å². The van der Waals surface area contributed by atoms with Crippen molar-refractivity contribution in [2.24, 2.45) is 0 Å². The fourth-order valence-corrected chi connectivity index (χ4v) is 3.19. The molecule has 0 aliphatic heterocycles. The van der Waals surface area contributed by atoms with E-state index in [0.717, 1.165) is 30.3 Å². The number of thioether (sulfide) groups is 1. The van der Waals surface area contributed by atoms with Crippen LogP contribution in [0.25, 0.3) is 0 Å². The molecule has 1 fully saturated rings. The number of nitrogen functional groups attached to an aromatic ring is 1. The fraction of sp³-hybridized carbons (Fsp3) is 0.750. The van der Waals surface area contributed by atoms with Crippen molar-refractivity contribution in [1.82, 2.24) is 9.78 Å². The molecule has 1 heterocycles. The topological polar surface area (TPSA) is 55.9 Å². The largest absolute Gasteiger partial charge is 0.394 e. The number of nitrogens with zero attached hydrogens (tertiary/aromatic N) is 2. The summed E-state index contributed by atoms with van der Waals surface area (Å²) >= 11 is 1.97. The highest BCUT2D eigenvalue weighted by atomic mass is 32.2. The summed E-state index contributed by atoms with van der Waals surface area (Å²) in [6.45, 7) is 5.89. The van der Waals surface area contributed by atoms with Gasteiger partial charge in [0.05, 0.1) is 11.4 Å². The molecule has 0 unspecified atom stereocenters. The van der Waals surface area contributed by atoms with Crippen LogP contribution in [0.3, 0.4) is 0 Å². The predicted molar refractivity (Wildman–Crippen MR) is 75.6 cm³/mol. The Morgan fingerprint density at radius 1 is 1.53 bits per heavy atom. The van der Waals surface area contributed by atoms with Gasteiger partial charge in [-0.3, -0.25) is 0 Å². The van der Waals surface area contributed by atoms with Crippen LogP contribution in [0.2, 0.25) is 0 Å². The van der Waals surface area contributed by atoms with Crippen LogP contribution >= 0.6 is 11.8 Å². The number of nitrogens with two attached hydrogens (primary N) is 1. The van der Waals surface area contributed by atoms with Crippen LogP contribution in [0.5, 0.6) is 0 Å². The second kappa shape index (κ2) is 4.80. The lowest BCUT2D eigenvalue weighted by molar-refractivity contribution is 0.379. The number of hydrogen-bond acceptors (Lipinski definition) is 4. The maximum Gasteiger partial charge on any atom is 0.148 e. The van der Waals surface area contributed by atoms with Crippen LogP contribution in [0, 0.1) is 6.92 Å². The van der Waals surface area contributed by atoms with Crippen molar-refractivity contribution in [2.75, 3.05) is 23.9 Å². The molecule has 3 N–H and O–H groups in total. The van der Waals surface area contributed by atoms with Gasteiger partial charge >= 0.3 is 0 Å². The van der Waals surface area contributed by atoms with Gasteiger partial charge in [0, 0.05) is 17.8 Å². The maximum atomic E-state index is 6.06. The summed E-state index contributed by atoms with van der Waals surface area (Å²) in [6.07, 6.45) is 6.16. The molecule has 0 bridgehead atoms. The first-order valence-electron chi connectivity index (χ1n) is 6.24. The number of rotatable bonds is 5. The van der Waals surface area contributed by atoms with E-state index in [1.807, 2.05) is 23.4 Å². The molecule has 1 aliphatic carbocycles. The lowest BCUT2D eigenvalue weighted by atomic mass is 9.84. The standard InChI is InChI=1S/C12H22N4S/c1-4-16-11(10(13)9(2)15-16)14-8-12(17-3)6-5-7-12/h14H,4-8,13H2,1-3H3. The number of anilines is 2. The van der Waals surface area contributed by atoms with E-state index in [-0.39, 0.29) is 0 Å². The molecule has 0 atom stereocenters. The Labute approximate surface area is 107 Å². The normalized spacial score (nSPS) is 17.8. The number of aryl methyl sites for hydroxylation is 2. The quantitative estimate of drug-likeness (QED) is 0.847. The van der Waals surface area contributed by atoms with Gasteiger partial charge in [-0.05, 0) is 32.9 Å². The van der Waals surface area contributed by atoms with Crippen molar-refractivity contribution in [1.29, 1.82) is 0 Å². The third-order valence-electron chi connectivity index (χ3n) is 3.75. The summed E-state index contributed by atoms with van der Waals surface area (Å²) < 4.78 is 2.38. The number of aromatic nitrogens is 2. The first kappa shape index (κ1) is 12.6. The van der Waals surface area contributed by atoms with Gasteiger partial charge in [0.25, 0.3) is 0 Å². The third-order valence-corrected chi connectivity index (χ3v) is 5.17. The summed E-state index contributed by atoms with van der Waals surface area (Å²) in [4.78, 5) is 0. The maximum absolute atomic E-state index is 6.06. The van der Waals surface area contributed by atoms with Crippen LogP contribution in [-0.4, -0.2) is 27.3 Å². The molecule has 4 nitrogen and oxygen atoms in total. The molecule has 0 spiro atoms. The summed E-state index contributed by atoms with van der Waals surface area (Å²) in [5.74, 6) is 0.991. The van der Waals surface area contributed by atoms with E-state index in [2.05, 4.69) is 23.6 Å². The smallest absolute Gasteiger partial charge is 0.148 e. The second-order valence-electron chi connectivity index (χ2n) is 4.76. The van der Waals surface area contributed by atoms with E-state index >= 15 is 0 Å². The van der Waals surface area contributed by atoms with E-state index in [0.29, 0.717) is 4.75 Å². The average molecular weight is 254 g/mol. The monoisotopic (exact) mass is 254 g/mol. The average Bonchev–Trinajstić information content (AvgIpc) is 2.55. The minimum Gasteiger partial charge on any atom is -0.394 e. The minimum absolute atomic E-state index is 0.420. The fourth-order valence-electron chi connectivity index (χ4n) is 2.28. The van der Waals surface area contributed by atoms with E-state index in [1.165, 1.54) is 19.3 Å². The van der Waals surface area contributed by atoms with Crippen molar-refractivity contribution in [2.45, 2.75) is 44.4 Å². The Morgan fingerprint density at radius 3 is 2.71 bits per heavy atom. The molecular formula is C12H22N4S. The van der Waals surface area contributed by atoms with Crippen molar-refractivity contribution >= 4 is 23.3 Å². The molecule has 2 rings (SSSR count). The first-order chi connectivity index (χ1) is 8.12. The predicted octanol–water partition coefficient (Wildman–Crippen LogP) is 2.49. The number of hydrogen-bond donors (Lipinski definition) is 2. The van der Waals surface area contributed by atoms with Crippen molar-refractivity contribution in [3.8, 4) is 0 Å². The van der Waals surface area contributed by atoms with Gasteiger partial charge in [-0.1, -0.05) is 6.42 Å². The molecule has 1 aliphatic rings. The Hall–Kier alpha value is -0.840. The first-order valence-corrected chi connectivity index (χ1v) is 7.46. The molecular weight excluding hydrogens is 232 g/mol. The third kappa shape index (κ3) is 2.25. The Bertz CT molecular complexity index is 390. The summed E-state index contributed by atoms with van der Waals surface area (Å²) in [6, 6.07) is 0. The van der Waals surface area contributed by atoms with Gasteiger partial charge in [-0.2, -0.15) is 16.9 Å².